The first kappa shape index (κ1) is 21.7. The lowest BCUT2D eigenvalue weighted by atomic mass is 10.2. The zero-order chi connectivity index (χ0) is 21.0. The Bertz CT molecular complexity index is 765. The van der Waals surface area contributed by atoms with Gasteiger partial charge in [0.25, 0.3) is 0 Å². The van der Waals surface area contributed by atoms with E-state index in [-0.39, 0.29) is 0 Å². The Labute approximate surface area is 177 Å². The van der Waals surface area contributed by atoms with Crippen molar-refractivity contribution in [3.8, 4) is 23.0 Å². The Morgan fingerprint density at radius 3 is 1.23 bits per heavy atom. The quantitative estimate of drug-likeness (QED) is 0.655. The molecule has 2 aromatic carbocycles. The molecule has 0 saturated carbocycles. The largest absolute Gasteiger partial charge is 0.490 e. The van der Waals surface area contributed by atoms with Crippen molar-refractivity contribution in [1.82, 2.24) is 0 Å². The summed E-state index contributed by atoms with van der Waals surface area (Å²) in [5, 5.41) is 0. The topological polar surface area (TPSA) is 71.1 Å². The van der Waals surface area contributed by atoms with Gasteiger partial charge in [0.15, 0.2) is 23.0 Å². The molecule has 0 radical (unpaired) electrons. The fourth-order valence-electron chi connectivity index (χ4n) is 3.15. The zero-order valence-corrected chi connectivity index (χ0v) is 17.1. The average molecular weight is 412 g/mol. The summed E-state index contributed by atoms with van der Waals surface area (Å²) in [5.74, 6) is 2.55. The second-order valence-electron chi connectivity index (χ2n) is 7.16. The highest BCUT2D eigenvalue weighted by Gasteiger charge is 2.09. The molecule has 6 nitrogen and oxygen atoms in total. The van der Waals surface area contributed by atoms with Gasteiger partial charge in [-0.1, -0.05) is 0 Å². The van der Waals surface area contributed by atoms with Crippen LogP contribution in [0.15, 0.2) is 36.4 Å². The van der Waals surface area contributed by atoms with Crippen LogP contribution in [0.3, 0.4) is 0 Å². The number of rotatable bonds is 2. The molecule has 160 valence electrons. The van der Waals surface area contributed by atoms with Gasteiger partial charge in [0, 0.05) is 11.1 Å². The van der Waals surface area contributed by atoms with E-state index in [9.17, 15) is 9.59 Å². The van der Waals surface area contributed by atoms with E-state index in [1.54, 1.807) is 36.4 Å². The highest BCUT2D eigenvalue weighted by atomic mass is 16.5. The summed E-state index contributed by atoms with van der Waals surface area (Å²) in [6.07, 6.45) is 6.95. The minimum absolute atomic E-state index is 0.535. The van der Waals surface area contributed by atoms with Crippen LogP contribution in [0.5, 0.6) is 23.0 Å². The highest BCUT2D eigenvalue weighted by molar-refractivity contribution is 5.77. The van der Waals surface area contributed by atoms with Gasteiger partial charge in [-0.15, -0.1) is 0 Å². The number of fused-ring (bicyclic) bond motifs is 2. The Balaban J connectivity index is 1.62. The van der Waals surface area contributed by atoms with Crippen LogP contribution in [0.1, 0.15) is 59.2 Å². The van der Waals surface area contributed by atoms with Crippen molar-refractivity contribution in [2.45, 2.75) is 38.5 Å². The Hall–Kier alpha value is -3.02. The lowest BCUT2D eigenvalue weighted by Gasteiger charge is -2.15. The lowest BCUT2D eigenvalue weighted by Crippen LogP contribution is -2.06. The average Bonchev–Trinajstić information content (AvgIpc) is 2.78. The third kappa shape index (κ3) is 6.51. The van der Waals surface area contributed by atoms with E-state index < -0.39 is 0 Å². The molecule has 0 aromatic heterocycles. The fourth-order valence-corrected chi connectivity index (χ4v) is 3.15. The van der Waals surface area contributed by atoms with Crippen LogP contribution in [0.2, 0.25) is 0 Å². The lowest BCUT2D eigenvalue weighted by molar-refractivity contribution is 0.111. The predicted octanol–water partition coefficient (Wildman–Crippen LogP) is 4.88. The standard InChI is InChI=1S/C24H28O6/c25-17-19-7-9-21-23(15-19)29-13-5-2-6-14-30-24-16-20(18-26)8-10-22(24)28-12-4-1-3-11-27-21/h7-10,15-18H,1-6,11-14H2. The summed E-state index contributed by atoms with van der Waals surface area (Å²) in [5.41, 5.74) is 1.14. The van der Waals surface area contributed by atoms with Crippen LogP contribution in [0.4, 0.5) is 0 Å². The SMILES string of the molecule is O=Cc1ccc2c(c1)OCCCCCOc1cc(C=O)ccc1OCCCCCO2. The Morgan fingerprint density at radius 2 is 0.867 bits per heavy atom. The van der Waals surface area contributed by atoms with E-state index in [2.05, 4.69) is 0 Å². The normalized spacial score (nSPS) is 16.0. The second-order valence-corrected chi connectivity index (χ2v) is 7.16. The van der Waals surface area contributed by atoms with Crippen LogP contribution in [-0.2, 0) is 0 Å². The fraction of sp³-hybridized carbons (Fsp3) is 0.417. The molecule has 0 unspecified atom stereocenters. The molecule has 0 spiro atoms. The molecule has 0 bridgehead atoms. The summed E-state index contributed by atoms with van der Waals surface area (Å²) in [4.78, 5) is 22.1. The maximum Gasteiger partial charge on any atom is 0.161 e. The molecule has 0 N–H and O–H groups in total. The molecule has 1 heterocycles. The number of carbonyl (C=O) groups excluding carboxylic acids is 2. The predicted molar refractivity (Wildman–Crippen MR) is 113 cm³/mol. The van der Waals surface area contributed by atoms with Crippen molar-refractivity contribution < 1.29 is 28.5 Å². The van der Waals surface area contributed by atoms with Gasteiger partial charge in [0.05, 0.1) is 26.4 Å². The third-order valence-corrected chi connectivity index (χ3v) is 4.82. The van der Waals surface area contributed by atoms with Crippen molar-refractivity contribution in [2.75, 3.05) is 26.4 Å². The van der Waals surface area contributed by atoms with Crippen LogP contribution < -0.4 is 18.9 Å². The van der Waals surface area contributed by atoms with Gasteiger partial charge in [-0.25, -0.2) is 0 Å². The van der Waals surface area contributed by atoms with Gasteiger partial charge < -0.3 is 18.9 Å². The maximum atomic E-state index is 11.1. The van der Waals surface area contributed by atoms with Gasteiger partial charge in [-0.05, 0) is 74.9 Å². The van der Waals surface area contributed by atoms with Crippen molar-refractivity contribution >= 4 is 12.6 Å². The molecule has 2 aromatic rings. The van der Waals surface area contributed by atoms with Gasteiger partial charge >= 0.3 is 0 Å². The molecule has 1 aliphatic rings. The summed E-state index contributed by atoms with van der Waals surface area (Å²) in [6, 6.07) is 10.5. The second kappa shape index (κ2) is 11.9. The molecule has 30 heavy (non-hydrogen) atoms. The number of hydrogen-bond acceptors (Lipinski definition) is 6. The van der Waals surface area contributed by atoms with Crippen molar-refractivity contribution in [3.05, 3.63) is 47.5 Å². The van der Waals surface area contributed by atoms with E-state index in [4.69, 9.17) is 18.9 Å². The number of hydrogen-bond donors (Lipinski definition) is 0. The van der Waals surface area contributed by atoms with E-state index in [1.165, 1.54) is 0 Å². The van der Waals surface area contributed by atoms with E-state index in [0.717, 1.165) is 51.1 Å². The molecule has 0 saturated heterocycles. The number of aldehydes is 2. The Morgan fingerprint density at radius 1 is 0.500 bits per heavy atom. The van der Waals surface area contributed by atoms with E-state index in [0.29, 0.717) is 60.6 Å². The summed E-state index contributed by atoms with van der Waals surface area (Å²) in [6.45, 7) is 2.21. The minimum Gasteiger partial charge on any atom is -0.490 e. The minimum atomic E-state index is 0.535. The first-order valence-corrected chi connectivity index (χ1v) is 10.5. The molecular weight excluding hydrogens is 384 g/mol. The number of ether oxygens (including phenoxy) is 4. The van der Waals surface area contributed by atoms with Crippen LogP contribution in [0.25, 0.3) is 0 Å². The monoisotopic (exact) mass is 412 g/mol. The molecule has 0 aliphatic carbocycles. The molecule has 1 aliphatic heterocycles. The molecule has 0 fully saturated rings. The molecule has 3 rings (SSSR count). The molecule has 6 heteroatoms. The highest BCUT2D eigenvalue weighted by Crippen LogP contribution is 2.30. The zero-order valence-electron chi connectivity index (χ0n) is 17.1. The third-order valence-electron chi connectivity index (χ3n) is 4.82. The van der Waals surface area contributed by atoms with Gasteiger partial charge in [-0.2, -0.15) is 0 Å². The van der Waals surface area contributed by atoms with Gasteiger partial charge in [0.2, 0.25) is 0 Å². The van der Waals surface area contributed by atoms with E-state index in [1.807, 2.05) is 0 Å². The van der Waals surface area contributed by atoms with Crippen LogP contribution in [-0.4, -0.2) is 39.0 Å². The van der Waals surface area contributed by atoms with Crippen molar-refractivity contribution in [3.63, 3.8) is 0 Å². The molecule has 0 atom stereocenters. The van der Waals surface area contributed by atoms with E-state index >= 15 is 0 Å². The van der Waals surface area contributed by atoms with Crippen LogP contribution in [0, 0.1) is 0 Å². The van der Waals surface area contributed by atoms with Crippen LogP contribution >= 0.6 is 0 Å². The first-order valence-electron chi connectivity index (χ1n) is 10.5. The molecular formula is C24H28O6. The summed E-state index contributed by atoms with van der Waals surface area (Å²) in [7, 11) is 0. The summed E-state index contributed by atoms with van der Waals surface area (Å²) >= 11 is 0. The first-order chi connectivity index (χ1) is 14.8. The Kier molecular flexibility index (Phi) is 8.57. The molecule has 0 amide bonds. The van der Waals surface area contributed by atoms with Gasteiger partial charge in [0.1, 0.15) is 12.6 Å². The summed E-state index contributed by atoms with van der Waals surface area (Å²) < 4.78 is 23.5. The maximum absolute atomic E-state index is 11.1. The van der Waals surface area contributed by atoms with Crippen molar-refractivity contribution in [2.24, 2.45) is 0 Å². The number of benzene rings is 2. The van der Waals surface area contributed by atoms with Gasteiger partial charge in [-0.3, -0.25) is 9.59 Å². The van der Waals surface area contributed by atoms with Crippen molar-refractivity contribution in [1.29, 1.82) is 0 Å². The smallest absolute Gasteiger partial charge is 0.161 e. The number of carbonyl (C=O) groups is 2.